The van der Waals surface area contributed by atoms with Gasteiger partial charge in [0, 0.05) is 37.9 Å². The van der Waals surface area contributed by atoms with Gasteiger partial charge in [-0.1, -0.05) is 33.6 Å². The average Bonchev–Trinajstić information content (AvgIpc) is 2.63. The molecule has 1 fully saturated rings. The van der Waals surface area contributed by atoms with Crippen LogP contribution in [0.15, 0.2) is 18.5 Å². The monoisotopic (exact) mass is 346 g/mol. The number of likely N-dealkylation sites (tertiary alicyclic amines) is 1. The molecule has 2 rings (SSSR count). The number of unbranched alkanes of at least 4 members (excludes halogenated alkanes) is 1. The van der Waals surface area contributed by atoms with E-state index in [4.69, 9.17) is 0 Å². The van der Waals surface area contributed by atoms with Crippen molar-refractivity contribution < 1.29 is 4.79 Å². The Hall–Kier alpha value is -1.62. The lowest BCUT2D eigenvalue weighted by atomic mass is 9.98. The lowest BCUT2D eigenvalue weighted by Gasteiger charge is -2.38. The van der Waals surface area contributed by atoms with Crippen molar-refractivity contribution in [3.8, 4) is 0 Å². The minimum absolute atomic E-state index is 0.468. The number of nitrogens with zero attached hydrogens (tertiary/aromatic N) is 2. The van der Waals surface area contributed by atoms with Crippen molar-refractivity contribution in [1.29, 1.82) is 0 Å². The van der Waals surface area contributed by atoms with Gasteiger partial charge in [0.25, 0.3) is 0 Å². The Kier molecular flexibility index (Phi) is 8.19. The zero-order valence-electron chi connectivity index (χ0n) is 16.0. The van der Waals surface area contributed by atoms with Gasteiger partial charge in [-0.05, 0) is 36.8 Å². The Morgan fingerprint density at radius 1 is 1.36 bits per heavy atom. The number of hydrogen-bond donors (Lipinski definition) is 2. The number of anilines is 1. The molecule has 1 amide bonds. The third kappa shape index (κ3) is 5.99. The number of amides is 1. The number of rotatable bonds is 10. The van der Waals surface area contributed by atoms with E-state index in [1.54, 1.807) is 0 Å². The molecule has 1 aromatic rings. The molecule has 0 aromatic carbocycles. The number of piperidine rings is 1. The van der Waals surface area contributed by atoms with Gasteiger partial charge in [-0.25, -0.2) is 0 Å². The first-order chi connectivity index (χ1) is 12.2. The highest BCUT2D eigenvalue weighted by Crippen LogP contribution is 2.26. The summed E-state index contributed by atoms with van der Waals surface area (Å²) in [7, 11) is 0. The van der Waals surface area contributed by atoms with Crippen molar-refractivity contribution in [1.82, 2.24) is 15.2 Å². The minimum atomic E-state index is 0.468. The van der Waals surface area contributed by atoms with E-state index in [0.717, 1.165) is 45.3 Å². The van der Waals surface area contributed by atoms with E-state index in [1.165, 1.54) is 24.1 Å². The highest BCUT2D eigenvalue weighted by Gasteiger charge is 2.25. The molecule has 2 heterocycles. The van der Waals surface area contributed by atoms with E-state index >= 15 is 0 Å². The summed E-state index contributed by atoms with van der Waals surface area (Å²) in [5.41, 5.74) is 2.52. The Morgan fingerprint density at radius 2 is 2.12 bits per heavy atom. The van der Waals surface area contributed by atoms with Crippen LogP contribution in [0.3, 0.4) is 0 Å². The first-order valence-corrected chi connectivity index (χ1v) is 9.77. The van der Waals surface area contributed by atoms with Crippen LogP contribution in [0.1, 0.15) is 64.4 Å². The van der Waals surface area contributed by atoms with Gasteiger partial charge < -0.3 is 10.6 Å². The van der Waals surface area contributed by atoms with Crippen molar-refractivity contribution in [2.24, 2.45) is 0 Å². The van der Waals surface area contributed by atoms with E-state index in [2.05, 4.69) is 47.4 Å². The van der Waals surface area contributed by atoms with Crippen LogP contribution in [0.25, 0.3) is 0 Å². The molecule has 1 unspecified atom stereocenters. The predicted molar refractivity (Wildman–Crippen MR) is 104 cm³/mol. The van der Waals surface area contributed by atoms with Crippen LogP contribution >= 0.6 is 0 Å². The first kappa shape index (κ1) is 19.7. The number of aromatic nitrogens is 1. The molecule has 0 spiro atoms. The fourth-order valence-corrected chi connectivity index (χ4v) is 3.70. The summed E-state index contributed by atoms with van der Waals surface area (Å²) in [5.74, 6) is 0.499. The van der Waals surface area contributed by atoms with Crippen LogP contribution in [-0.4, -0.2) is 48.0 Å². The fourth-order valence-electron chi connectivity index (χ4n) is 3.70. The summed E-state index contributed by atoms with van der Waals surface area (Å²) in [6, 6.07) is 3.09. The van der Waals surface area contributed by atoms with Gasteiger partial charge in [0.1, 0.15) is 0 Å². The number of carbonyl (C=O) groups excluding carboxylic acids is 1. The molecule has 1 aromatic heterocycles. The summed E-state index contributed by atoms with van der Waals surface area (Å²) in [6.45, 7) is 9.61. The minimum Gasteiger partial charge on any atom is -0.381 e. The SMILES string of the molecule is CCCCC(CNC=O)N1CCC(Nc2cnccc2C(C)C)CC1. The van der Waals surface area contributed by atoms with Gasteiger partial charge in [-0.2, -0.15) is 0 Å². The van der Waals surface area contributed by atoms with Crippen molar-refractivity contribution in [2.45, 2.75) is 70.9 Å². The van der Waals surface area contributed by atoms with Gasteiger partial charge in [0.2, 0.25) is 6.41 Å². The van der Waals surface area contributed by atoms with Crippen LogP contribution in [0.2, 0.25) is 0 Å². The zero-order valence-corrected chi connectivity index (χ0v) is 16.0. The van der Waals surface area contributed by atoms with E-state index in [9.17, 15) is 4.79 Å². The van der Waals surface area contributed by atoms with Crippen LogP contribution in [0, 0.1) is 0 Å². The molecular weight excluding hydrogens is 312 g/mol. The maximum atomic E-state index is 10.7. The van der Waals surface area contributed by atoms with Crippen molar-refractivity contribution in [3.63, 3.8) is 0 Å². The molecule has 140 valence electrons. The molecule has 1 saturated heterocycles. The molecule has 0 saturated carbocycles. The standard InChI is InChI=1S/C20H34N4O/c1-4-5-6-18(13-22-15-25)24-11-8-17(9-12-24)23-20-14-21-10-7-19(20)16(2)3/h7,10,14-18,23H,4-6,8-9,11-13H2,1-3H3,(H,22,25). The van der Waals surface area contributed by atoms with Crippen molar-refractivity contribution >= 4 is 12.1 Å². The Labute approximate surface area is 152 Å². The Morgan fingerprint density at radius 3 is 2.76 bits per heavy atom. The number of nitrogens with one attached hydrogen (secondary N) is 2. The average molecular weight is 347 g/mol. The van der Waals surface area contributed by atoms with Gasteiger partial charge in [-0.15, -0.1) is 0 Å². The van der Waals surface area contributed by atoms with E-state index in [1.807, 2.05) is 12.4 Å². The number of pyridine rings is 1. The molecule has 0 radical (unpaired) electrons. The Bertz CT molecular complexity index is 512. The van der Waals surface area contributed by atoms with E-state index in [-0.39, 0.29) is 0 Å². The molecule has 5 heteroatoms. The molecule has 25 heavy (non-hydrogen) atoms. The highest BCUT2D eigenvalue weighted by atomic mass is 16.1. The third-order valence-electron chi connectivity index (χ3n) is 5.21. The molecular formula is C20H34N4O. The molecule has 0 bridgehead atoms. The zero-order chi connectivity index (χ0) is 18.1. The van der Waals surface area contributed by atoms with Gasteiger partial charge in [-0.3, -0.25) is 14.7 Å². The largest absolute Gasteiger partial charge is 0.381 e. The van der Waals surface area contributed by atoms with E-state index in [0.29, 0.717) is 18.0 Å². The number of hydrogen-bond acceptors (Lipinski definition) is 4. The molecule has 0 aliphatic carbocycles. The number of carbonyl (C=O) groups is 1. The molecule has 2 N–H and O–H groups in total. The quantitative estimate of drug-likeness (QED) is 0.638. The first-order valence-electron chi connectivity index (χ1n) is 9.77. The second kappa shape index (κ2) is 10.4. The summed E-state index contributed by atoms with van der Waals surface area (Å²) in [5, 5.41) is 6.60. The molecule has 5 nitrogen and oxygen atoms in total. The predicted octanol–water partition coefficient (Wildman–Crippen LogP) is 3.39. The Balaban J connectivity index is 1.88. The lowest BCUT2D eigenvalue weighted by Crippen LogP contribution is -2.48. The van der Waals surface area contributed by atoms with Crippen molar-refractivity contribution in [2.75, 3.05) is 25.0 Å². The maximum Gasteiger partial charge on any atom is 0.207 e. The molecule has 1 aliphatic heterocycles. The summed E-state index contributed by atoms with van der Waals surface area (Å²) in [4.78, 5) is 17.5. The van der Waals surface area contributed by atoms with Gasteiger partial charge in [0.15, 0.2) is 0 Å². The third-order valence-corrected chi connectivity index (χ3v) is 5.21. The maximum absolute atomic E-state index is 10.7. The van der Waals surface area contributed by atoms with Gasteiger partial charge >= 0.3 is 0 Å². The topological polar surface area (TPSA) is 57.3 Å². The van der Waals surface area contributed by atoms with Crippen LogP contribution < -0.4 is 10.6 Å². The second-order valence-corrected chi connectivity index (χ2v) is 7.39. The lowest BCUT2D eigenvalue weighted by molar-refractivity contribution is -0.109. The van der Waals surface area contributed by atoms with Crippen LogP contribution in [-0.2, 0) is 4.79 Å². The molecule has 1 atom stereocenters. The summed E-state index contributed by atoms with van der Waals surface area (Å²) in [6.07, 6.45) is 10.5. The van der Waals surface area contributed by atoms with Crippen molar-refractivity contribution in [3.05, 3.63) is 24.0 Å². The van der Waals surface area contributed by atoms with E-state index < -0.39 is 0 Å². The summed E-state index contributed by atoms with van der Waals surface area (Å²) < 4.78 is 0. The summed E-state index contributed by atoms with van der Waals surface area (Å²) >= 11 is 0. The van der Waals surface area contributed by atoms with Crippen LogP contribution in [0.4, 0.5) is 5.69 Å². The fraction of sp³-hybridized carbons (Fsp3) is 0.700. The normalized spacial score (nSPS) is 17.4. The second-order valence-electron chi connectivity index (χ2n) is 7.39. The van der Waals surface area contributed by atoms with Crippen LogP contribution in [0.5, 0.6) is 0 Å². The van der Waals surface area contributed by atoms with Gasteiger partial charge in [0.05, 0.1) is 11.9 Å². The smallest absolute Gasteiger partial charge is 0.207 e. The molecule has 1 aliphatic rings. The highest BCUT2D eigenvalue weighted by molar-refractivity contribution is 5.51.